The van der Waals surface area contributed by atoms with Gasteiger partial charge in [0.1, 0.15) is 0 Å². The van der Waals surface area contributed by atoms with Gasteiger partial charge < -0.3 is 10.5 Å². The van der Waals surface area contributed by atoms with E-state index in [0.29, 0.717) is 0 Å². The van der Waals surface area contributed by atoms with E-state index >= 15 is 0 Å². The Kier molecular flexibility index (Phi) is 6.11. The molecule has 0 aliphatic carbocycles. The zero-order valence-electron chi connectivity index (χ0n) is 10.4. The summed E-state index contributed by atoms with van der Waals surface area (Å²) in [6.07, 6.45) is 5.83. The molecule has 1 unspecified atom stereocenters. The highest BCUT2D eigenvalue weighted by atomic mass is 16.5. The van der Waals surface area contributed by atoms with Gasteiger partial charge in [-0.2, -0.15) is 5.10 Å². The molecule has 0 aromatic carbocycles. The quantitative estimate of drug-likeness (QED) is 0.682. The molecule has 0 amide bonds. The first-order valence-corrected chi connectivity index (χ1v) is 6.04. The summed E-state index contributed by atoms with van der Waals surface area (Å²) >= 11 is 0. The van der Waals surface area contributed by atoms with Crippen LogP contribution in [0.1, 0.15) is 31.9 Å². The van der Waals surface area contributed by atoms with Gasteiger partial charge in [0, 0.05) is 38.2 Å². The Hall–Kier alpha value is -0.870. The van der Waals surface area contributed by atoms with Crippen molar-refractivity contribution in [1.29, 1.82) is 0 Å². The molecule has 0 spiro atoms. The van der Waals surface area contributed by atoms with Crippen molar-refractivity contribution >= 4 is 0 Å². The van der Waals surface area contributed by atoms with E-state index in [1.54, 1.807) is 0 Å². The van der Waals surface area contributed by atoms with E-state index in [1.165, 1.54) is 5.69 Å². The molecule has 1 rings (SSSR count). The van der Waals surface area contributed by atoms with Crippen LogP contribution < -0.4 is 5.73 Å². The van der Waals surface area contributed by atoms with Gasteiger partial charge in [-0.15, -0.1) is 0 Å². The number of nitrogens with two attached hydrogens (primary N) is 1. The van der Waals surface area contributed by atoms with E-state index in [9.17, 15) is 0 Å². The molecule has 2 N–H and O–H groups in total. The summed E-state index contributed by atoms with van der Waals surface area (Å²) in [6.45, 7) is 3.73. The lowest BCUT2D eigenvalue weighted by Crippen LogP contribution is -2.23. The molecule has 1 aromatic heterocycles. The first kappa shape index (κ1) is 13.2. The molecular formula is C12H23N3O. The van der Waals surface area contributed by atoms with Gasteiger partial charge in [0.2, 0.25) is 0 Å². The average Bonchev–Trinajstić information content (AvgIpc) is 2.67. The van der Waals surface area contributed by atoms with Crippen LogP contribution in [-0.2, 0) is 18.2 Å². The molecule has 1 heterocycles. The van der Waals surface area contributed by atoms with Crippen LogP contribution in [0.25, 0.3) is 0 Å². The molecule has 0 saturated carbocycles. The van der Waals surface area contributed by atoms with E-state index in [0.717, 1.165) is 38.9 Å². The highest BCUT2D eigenvalue weighted by Crippen LogP contribution is 2.05. The van der Waals surface area contributed by atoms with Gasteiger partial charge >= 0.3 is 0 Å². The van der Waals surface area contributed by atoms with Crippen LogP contribution in [0.2, 0.25) is 0 Å². The predicted octanol–water partition coefficient (Wildman–Crippen LogP) is 1.50. The van der Waals surface area contributed by atoms with Gasteiger partial charge in [-0.1, -0.05) is 6.92 Å². The summed E-state index contributed by atoms with van der Waals surface area (Å²) in [5.41, 5.74) is 7.25. The lowest BCUT2D eigenvalue weighted by atomic mass is 10.1. The maximum atomic E-state index is 6.01. The monoisotopic (exact) mass is 225 g/mol. The van der Waals surface area contributed by atoms with Crippen molar-refractivity contribution in [2.24, 2.45) is 12.8 Å². The van der Waals surface area contributed by atoms with Gasteiger partial charge in [-0.3, -0.25) is 4.68 Å². The summed E-state index contributed by atoms with van der Waals surface area (Å²) in [7, 11) is 1.96. The third-order valence-corrected chi connectivity index (χ3v) is 2.68. The first-order valence-electron chi connectivity index (χ1n) is 6.04. The zero-order valence-corrected chi connectivity index (χ0v) is 10.4. The van der Waals surface area contributed by atoms with Crippen LogP contribution in [0.15, 0.2) is 12.3 Å². The lowest BCUT2D eigenvalue weighted by Gasteiger charge is -2.11. The number of ether oxygens (including phenoxy) is 1. The predicted molar refractivity (Wildman–Crippen MR) is 65.2 cm³/mol. The fourth-order valence-electron chi connectivity index (χ4n) is 1.61. The fraction of sp³-hybridized carbons (Fsp3) is 0.750. The van der Waals surface area contributed by atoms with E-state index in [-0.39, 0.29) is 6.04 Å². The highest BCUT2D eigenvalue weighted by molar-refractivity contribution is 5.00. The molecule has 4 nitrogen and oxygen atoms in total. The number of rotatable bonds is 8. The second kappa shape index (κ2) is 7.41. The largest absolute Gasteiger partial charge is 0.381 e. The van der Waals surface area contributed by atoms with E-state index in [4.69, 9.17) is 10.5 Å². The second-order valence-electron chi connectivity index (χ2n) is 4.15. The third-order valence-electron chi connectivity index (χ3n) is 2.68. The molecule has 1 aromatic rings. The third kappa shape index (κ3) is 4.77. The Labute approximate surface area is 97.8 Å². The molecule has 92 valence electrons. The van der Waals surface area contributed by atoms with Crippen molar-refractivity contribution in [3.8, 4) is 0 Å². The topological polar surface area (TPSA) is 53.1 Å². The Bertz CT molecular complexity index is 286. The van der Waals surface area contributed by atoms with Gasteiger partial charge in [0.25, 0.3) is 0 Å². The molecular weight excluding hydrogens is 202 g/mol. The Morgan fingerprint density at radius 2 is 2.25 bits per heavy atom. The van der Waals surface area contributed by atoms with Crippen LogP contribution in [0.5, 0.6) is 0 Å². The van der Waals surface area contributed by atoms with Gasteiger partial charge in [-0.05, 0) is 31.7 Å². The molecule has 16 heavy (non-hydrogen) atoms. The fourth-order valence-corrected chi connectivity index (χ4v) is 1.61. The minimum atomic E-state index is 0.228. The minimum Gasteiger partial charge on any atom is -0.381 e. The molecule has 4 heteroatoms. The number of aryl methyl sites for hydroxylation is 2. The summed E-state index contributed by atoms with van der Waals surface area (Å²) in [4.78, 5) is 0. The van der Waals surface area contributed by atoms with Crippen LogP contribution in [0.3, 0.4) is 0 Å². The van der Waals surface area contributed by atoms with Crippen molar-refractivity contribution in [2.45, 2.75) is 38.6 Å². The average molecular weight is 225 g/mol. The standard InChI is InChI=1S/C12H23N3O/c1-3-9-16-10-7-11(13)4-5-12-6-8-14-15(12)2/h6,8,11H,3-5,7,9-10,13H2,1-2H3. The van der Waals surface area contributed by atoms with Crippen molar-refractivity contribution < 1.29 is 4.74 Å². The van der Waals surface area contributed by atoms with Crippen molar-refractivity contribution in [2.75, 3.05) is 13.2 Å². The highest BCUT2D eigenvalue weighted by Gasteiger charge is 2.05. The van der Waals surface area contributed by atoms with Gasteiger partial charge in [-0.25, -0.2) is 0 Å². The molecule has 0 radical (unpaired) electrons. The second-order valence-corrected chi connectivity index (χ2v) is 4.15. The maximum absolute atomic E-state index is 6.01. The number of hydrogen-bond donors (Lipinski definition) is 1. The van der Waals surface area contributed by atoms with Gasteiger partial charge in [0.05, 0.1) is 0 Å². The number of hydrogen-bond acceptors (Lipinski definition) is 3. The smallest absolute Gasteiger partial charge is 0.0492 e. The first-order chi connectivity index (χ1) is 7.74. The summed E-state index contributed by atoms with van der Waals surface area (Å²) in [5, 5.41) is 4.13. The SMILES string of the molecule is CCCOCCC(N)CCc1ccnn1C. The van der Waals surface area contributed by atoms with Crippen molar-refractivity contribution in [3.05, 3.63) is 18.0 Å². The van der Waals surface area contributed by atoms with Crippen LogP contribution in [0.4, 0.5) is 0 Å². The van der Waals surface area contributed by atoms with Crippen molar-refractivity contribution in [1.82, 2.24) is 9.78 Å². The molecule has 0 aliphatic rings. The summed E-state index contributed by atoms with van der Waals surface area (Å²) in [6, 6.07) is 2.27. The zero-order chi connectivity index (χ0) is 11.8. The van der Waals surface area contributed by atoms with Gasteiger partial charge in [0.15, 0.2) is 0 Å². The van der Waals surface area contributed by atoms with Crippen LogP contribution in [0, 0.1) is 0 Å². The molecule has 0 saturated heterocycles. The summed E-state index contributed by atoms with van der Waals surface area (Å²) in [5.74, 6) is 0. The van der Waals surface area contributed by atoms with Crippen LogP contribution >= 0.6 is 0 Å². The molecule has 0 bridgehead atoms. The molecule has 0 aliphatic heterocycles. The number of aromatic nitrogens is 2. The van der Waals surface area contributed by atoms with Crippen LogP contribution in [-0.4, -0.2) is 29.0 Å². The maximum Gasteiger partial charge on any atom is 0.0492 e. The van der Waals surface area contributed by atoms with Crippen molar-refractivity contribution in [3.63, 3.8) is 0 Å². The normalized spacial score (nSPS) is 12.9. The van der Waals surface area contributed by atoms with E-state index in [2.05, 4.69) is 12.0 Å². The lowest BCUT2D eigenvalue weighted by molar-refractivity contribution is 0.127. The van der Waals surface area contributed by atoms with E-state index < -0.39 is 0 Å². The Morgan fingerprint density at radius 3 is 2.88 bits per heavy atom. The minimum absolute atomic E-state index is 0.228. The number of nitrogens with zero attached hydrogens (tertiary/aromatic N) is 2. The summed E-state index contributed by atoms with van der Waals surface area (Å²) < 4.78 is 7.32. The Morgan fingerprint density at radius 1 is 1.44 bits per heavy atom. The van der Waals surface area contributed by atoms with E-state index in [1.807, 2.05) is 24.0 Å². The Balaban J connectivity index is 2.10. The molecule has 0 fully saturated rings. The molecule has 1 atom stereocenters.